The van der Waals surface area contributed by atoms with Crippen molar-refractivity contribution in [3.8, 4) is 0 Å². The SMILES string of the molecule is [F-].[F-].[F-].[F-].[F-].[F-].[K+].[K+].[Ti]. The third-order valence-electron chi connectivity index (χ3n) is 0. The molecule has 0 saturated heterocycles. The molecule has 0 spiro atoms. The van der Waals surface area contributed by atoms with E-state index in [0.29, 0.717) is 0 Å². The standard InChI is InChI=1S/6FH.2K.Ti/h6*1H;;;/q;;;;;;2*+1;/p-6. The van der Waals surface area contributed by atoms with E-state index < -0.39 is 0 Å². The van der Waals surface area contributed by atoms with Crippen molar-refractivity contribution < 1.29 is 153 Å². The van der Waals surface area contributed by atoms with Crippen LogP contribution < -0.4 is 131 Å². The van der Waals surface area contributed by atoms with E-state index in [4.69, 9.17) is 0 Å². The summed E-state index contributed by atoms with van der Waals surface area (Å²) >= 11 is 0. The number of hydrogen-bond acceptors (Lipinski definition) is 0. The second-order valence-electron chi connectivity index (χ2n) is 0. The van der Waals surface area contributed by atoms with E-state index in [1.165, 1.54) is 0 Å². The summed E-state index contributed by atoms with van der Waals surface area (Å²) in [5.74, 6) is 0. The largest absolute Gasteiger partial charge is 1.00 e. The molecule has 52 valence electrons. The fraction of sp³-hybridized carbons (Fsp3) is 0. The van der Waals surface area contributed by atoms with E-state index in [1.54, 1.807) is 0 Å². The third-order valence-corrected chi connectivity index (χ3v) is 0. The average molecular weight is 240 g/mol. The molecule has 0 fully saturated rings. The monoisotopic (exact) mass is 240 g/mol. The summed E-state index contributed by atoms with van der Waals surface area (Å²) in [5, 5.41) is 0. The molecular formula is F6K2Ti-4. The molecule has 9 heteroatoms. The maximum absolute atomic E-state index is 0. The van der Waals surface area contributed by atoms with Gasteiger partial charge >= 0.3 is 103 Å². The van der Waals surface area contributed by atoms with Crippen LogP contribution in [0.3, 0.4) is 0 Å². The average Bonchev–Trinajstić information content (AvgIpc) is 0. The minimum Gasteiger partial charge on any atom is -1.00 e. The fourth-order valence-electron chi connectivity index (χ4n) is 0. The molecule has 0 aliphatic rings. The Morgan fingerprint density at radius 1 is 0.333 bits per heavy atom. The van der Waals surface area contributed by atoms with Gasteiger partial charge in [0.2, 0.25) is 0 Å². The quantitative estimate of drug-likeness (QED) is 0.291. The van der Waals surface area contributed by atoms with Gasteiger partial charge in [0.25, 0.3) is 0 Å². The first-order valence-corrected chi connectivity index (χ1v) is 0. The van der Waals surface area contributed by atoms with Crippen LogP contribution >= 0.6 is 0 Å². The minimum atomic E-state index is 0. The van der Waals surface area contributed by atoms with Crippen molar-refractivity contribution in [3.63, 3.8) is 0 Å². The van der Waals surface area contributed by atoms with Crippen LogP contribution in [0.2, 0.25) is 0 Å². The zero-order chi connectivity index (χ0) is 0. The van der Waals surface area contributed by atoms with Crippen molar-refractivity contribution in [1.82, 2.24) is 0 Å². The third kappa shape index (κ3) is 83.2. The second kappa shape index (κ2) is 102. The number of hydrogen-bond donors (Lipinski definition) is 0. The maximum Gasteiger partial charge on any atom is 1.00 e. The molecule has 0 aliphatic heterocycles. The molecule has 0 aromatic rings. The normalized spacial score (nSPS) is 0. The van der Waals surface area contributed by atoms with E-state index >= 15 is 0 Å². The Bertz CT molecular complexity index is 11.0. The molecule has 0 nitrogen and oxygen atoms in total. The summed E-state index contributed by atoms with van der Waals surface area (Å²) in [6, 6.07) is 0. The van der Waals surface area contributed by atoms with E-state index in [0.717, 1.165) is 0 Å². The van der Waals surface area contributed by atoms with Crippen LogP contribution in [-0.2, 0) is 21.7 Å². The van der Waals surface area contributed by atoms with Gasteiger partial charge in [0.05, 0.1) is 0 Å². The van der Waals surface area contributed by atoms with Gasteiger partial charge in [0, 0.05) is 21.7 Å². The van der Waals surface area contributed by atoms with Crippen molar-refractivity contribution in [1.29, 1.82) is 0 Å². The maximum atomic E-state index is 0. The second-order valence-corrected chi connectivity index (χ2v) is 0. The summed E-state index contributed by atoms with van der Waals surface area (Å²) in [6.45, 7) is 0. The molecule has 9 heavy (non-hydrogen) atoms. The van der Waals surface area contributed by atoms with Crippen molar-refractivity contribution in [2.45, 2.75) is 0 Å². The predicted molar refractivity (Wildman–Crippen MR) is 0 cm³/mol. The van der Waals surface area contributed by atoms with Crippen LogP contribution in [0.15, 0.2) is 0 Å². The van der Waals surface area contributed by atoms with Gasteiger partial charge in [0.1, 0.15) is 0 Å². The molecule has 0 N–H and O–H groups in total. The molecular weight excluding hydrogens is 240 g/mol. The van der Waals surface area contributed by atoms with E-state index in [-0.39, 0.29) is 153 Å². The van der Waals surface area contributed by atoms with Crippen LogP contribution in [0.4, 0.5) is 0 Å². The zero-order valence-electron chi connectivity index (χ0n) is 4.77. The Balaban J connectivity index is 0. The van der Waals surface area contributed by atoms with Crippen LogP contribution in [-0.4, -0.2) is 0 Å². The minimum absolute atomic E-state index is 0. The van der Waals surface area contributed by atoms with Crippen molar-refractivity contribution in [2.75, 3.05) is 0 Å². The van der Waals surface area contributed by atoms with Crippen LogP contribution in [0.1, 0.15) is 0 Å². The molecule has 0 atom stereocenters. The molecule has 0 aliphatic carbocycles. The summed E-state index contributed by atoms with van der Waals surface area (Å²) in [5.41, 5.74) is 0. The summed E-state index contributed by atoms with van der Waals surface area (Å²) in [6.07, 6.45) is 0. The summed E-state index contributed by atoms with van der Waals surface area (Å²) in [7, 11) is 0. The molecule has 0 aromatic carbocycles. The molecule has 0 rings (SSSR count). The van der Waals surface area contributed by atoms with Crippen molar-refractivity contribution >= 4 is 0 Å². The van der Waals surface area contributed by atoms with E-state index in [9.17, 15) is 0 Å². The first-order valence-electron chi connectivity index (χ1n) is 0. The fourth-order valence-corrected chi connectivity index (χ4v) is 0. The van der Waals surface area contributed by atoms with Crippen molar-refractivity contribution in [2.24, 2.45) is 0 Å². The van der Waals surface area contributed by atoms with Gasteiger partial charge in [-0.15, -0.1) is 0 Å². The van der Waals surface area contributed by atoms with Gasteiger partial charge in [0.15, 0.2) is 0 Å². The molecule has 0 saturated carbocycles. The van der Waals surface area contributed by atoms with Crippen LogP contribution in [0, 0.1) is 0 Å². The topological polar surface area (TPSA) is 0 Å². The molecule has 0 unspecified atom stereocenters. The Morgan fingerprint density at radius 3 is 0.333 bits per heavy atom. The smallest absolute Gasteiger partial charge is 1.00 e. The molecule has 0 heterocycles. The Morgan fingerprint density at radius 2 is 0.333 bits per heavy atom. The van der Waals surface area contributed by atoms with Crippen LogP contribution in [0.25, 0.3) is 0 Å². The Kier molecular flexibility index (Phi) is 1490. The Labute approximate surface area is 149 Å². The first-order chi connectivity index (χ1) is 0. The van der Waals surface area contributed by atoms with Gasteiger partial charge in [-0.05, 0) is 0 Å². The molecule has 0 aromatic heterocycles. The summed E-state index contributed by atoms with van der Waals surface area (Å²) < 4.78 is 0. The Hall–Kier alpha value is 3.57. The predicted octanol–water partition coefficient (Wildman–Crippen LogP) is -24.0. The number of halogens is 6. The van der Waals surface area contributed by atoms with E-state index in [1.807, 2.05) is 0 Å². The molecule has 0 bridgehead atoms. The first kappa shape index (κ1) is 132. The van der Waals surface area contributed by atoms with Gasteiger partial charge in [-0.25, -0.2) is 0 Å². The summed E-state index contributed by atoms with van der Waals surface area (Å²) in [4.78, 5) is 0. The van der Waals surface area contributed by atoms with Gasteiger partial charge in [-0.1, -0.05) is 0 Å². The van der Waals surface area contributed by atoms with Gasteiger partial charge < -0.3 is 28.2 Å². The van der Waals surface area contributed by atoms with Crippen molar-refractivity contribution in [3.05, 3.63) is 0 Å². The molecule has 0 amide bonds. The van der Waals surface area contributed by atoms with Gasteiger partial charge in [-0.3, -0.25) is 0 Å². The van der Waals surface area contributed by atoms with Gasteiger partial charge in [-0.2, -0.15) is 0 Å². The van der Waals surface area contributed by atoms with Crippen LogP contribution in [0.5, 0.6) is 0 Å². The molecule has 0 radical (unpaired) electrons. The number of rotatable bonds is 0. The van der Waals surface area contributed by atoms with E-state index in [2.05, 4.69) is 0 Å². The zero-order valence-corrected chi connectivity index (χ0v) is 12.6.